The molecule has 1 unspecified atom stereocenters. The number of carbonyl (C=O) groups is 1. The highest BCUT2D eigenvalue weighted by atomic mass is 35.5. The molecule has 7 heteroatoms. The molecule has 132 valence electrons. The van der Waals surface area contributed by atoms with Crippen molar-refractivity contribution in [1.29, 1.82) is 0 Å². The van der Waals surface area contributed by atoms with Gasteiger partial charge in [0.05, 0.1) is 5.54 Å². The topological polar surface area (TPSA) is 82.2 Å². The number of carbonyl (C=O) groups excluding carboxylic acids is 1. The maximum atomic E-state index is 12.1. The van der Waals surface area contributed by atoms with Crippen LogP contribution in [0.3, 0.4) is 0 Å². The molecule has 0 radical (unpaired) electrons. The highest BCUT2D eigenvalue weighted by Gasteiger charge is 2.27. The van der Waals surface area contributed by atoms with Crippen LogP contribution in [0.15, 0.2) is 36.7 Å². The van der Waals surface area contributed by atoms with E-state index in [4.69, 9.17) is 10.5 Å². The van der Waals surface area contributed by atoms with Crippen LogP contribution in [0, 0.1) is 0 Å². The van der Waals surface area contributed by atoms with Gasteiger partial charge in [0.2, 0.25) is 5.91 Å². The second-order valence-corrected chi connectivity index (χ2v) is 5.89. The largest absolute Gasteiger partial charge is 0.486 e. The lowest BCUT2D eigenvalue weighted by Gasteiger charge is -2.22. The second kappa shape index (κ2) is 8.70. The first-order valence-electron chi connectivity index (χ1n) is 7.72. The standard InChI is InChI=1S/C17H24N4O2.ClH/c1-4-9-17(2,18)16(22)20-13-5-7-14(8-6-13)23-12-15-19-10-11-21(15)3;/h5-8,10-11H,4,9,12,18H2,1-3H3,(H,20,22);1H. The number of nitrogens with zero attached hydrogens (tertiary/aromatic N) is 2. The first kappa shape index (κ1) is 20.0. The Labute approximate surface area is 148 Å². The fraction of sp³-hybridized carbons (Fsp3) is 0.412. The lowest BCUT2D eigenvalue weighted by Crippen LogP contribution is -2.48. The van der Waals surface area contributed by atoms with Gasteiger partial charge in [-0.05, 0) is 37.6 Å². The van der Waals surface area contributed by atoms with E-state index in [1.807, 2.05) is 36.9 Å². The molecule has 2 rings (SSSR count). The molecule has 0 aliphatic carbocycles. The van der Waals surface area contributed by atoms with Crippen LogP contribution in [0.1, 0.15) is 32.5 Å². The Hall–Kier alpha value is -2.05. The first-order chi connectivity index (χ1) is 10.9. The van der Waals surface area contributed by atoms with Crippen LogP contribution in [0.4, 0.5) is 5.69 Å². The highest BCUT2D eigenvalue weighted by Crippen LogP contribution is 2.18. The Kier molecular flexibility index (Phi) is 7.25. The molecule has 1 aromatic heterocycles. The van der Waals surface area contributed by atoms with Gasteiger partial charge in [0, 0.05) is 25.1 Å². The second-order valence-electron chi connectivity index (χ2n) is 5.89. The average Bonchev–Trinajstić information content (AvgIpc) is 2.92. The Morgan fingerprint density at radius 3 is 2.58 bits per heavy atom. The van der Waals surface area contributed by atoms with Crippen LogP contribution < -0.4 is 15.8 Å². The van der Waals surface area contributed by atoms with E-state index in [0.29, 0.717) is 18.7 Å². The van der Waals surface area contributed by atoms with E-state index in [2.05, 4.69) is 10.3 Å². The summed E-state index contributed by atoms with van der Waals surface area (Å²) in [7, 11) is 1.92. The maximum Gasteiger partial charge on any atom is 0.244 e. The van der Waals surface area contributed by atoms with Gasteiger partial charge < -0.3 is 20.4 Å². The number of halogens is 1. The fourth-order valence-electron chi connectivity index (χ4n) is 2.22. The molecule has 0 fully saturated rings. The Morgan fingerprint density at radius 1 is 1.38 bits per heavy atom. The zero-order valence-electron chi connectivity index (χ0n) is 14.3. The van der Waals surface area contributed by atoms with Crippen molar-refractivity contribution in [3.63, 3.8) is 0 Å². The van der Waals surface area contributed by atoms with E-state index in [0.717, 1.165) is 18.0 Å². The van der Waals surface area contributed by atoms with Gasteiger partial charge in [-0.2, -0.15) is 0 Å². The van der Waals surface area contributed by atoms with Gasteiger partial charge in [0.1, 0.15) is 18.2 Å². The summed E-state index contributed by atoms with van der Waals surface area (Å²) in [5, 5.41) is 2.84. The number of hydrogen-bond donors (Lipinski definition) is 2. The van der Waals surface area contributed by atoms with E-state index in [1.54, 1.807) is 25.3 Å². The number of aromatic nitrogens is 2. The van der Waals surface area contributed by atoms with Crippen molar-refractivity contribution >= 4 is 24.0 Å². The van der Waals surface area contributed by atoms with Crippen molar-refractivity contribution in [1.82, 2.24) is 9.55 Å². The summed E-state index contributed by atoms with van der Waals surface area (Å²) in [5.41, 5.74) is 5.86. The van der Waals surface area contributed by atoms with E-state index in [9.17, 15) is 4.79 Å². The molecule has 1 aromatic carbocycles. The molecular formula is C17H25ClN4O2. The summed E-state index contributed by atoms with van der Waals surface area (Å²) in [6.45, 7) is 4.15. The number of ether oxygens (including phenoxy) is 1. The quantitative estimate of drug-likeness (QED) is 0.802. The van der Waals surface area contributed by atoms with Gasteiger partial charge in [-0.25, -0.2) is 4.98 Å². The molecule has 0 aliphatic heterocycles. The van der Waals surface area contributed by atoms with Gasteiger partial charge in [-0.1, -0.05) is 13.3 Å². The van der Waals surface area contributed by atoms with Crippen molar-refractivity contribution in [3.05, 3.63) is 42.5 Å². The SMILES string of the molecule is CCCC(C)(N)C(=O)Nc1ccc(OCc2nccn2C)cc1.Cl. The lowest BCUT2D eigenvalue weighted by atomic mass is 9.96. The molecule has 0 saturated carbocycles. The zero-order valence-corrected chi connectivity index (χ0v) is 15.1. The fourth-order valence-corrected chi connectivity index (χ4v) is 2.22. The van der Waals surface area contributed by atoms with Gasteiger partial charge >= 0.3 is 0 Å². The molecule has 0 saturated heterocycles. The van der Waals surface area contributed by atoms with Gasteiger partial charge in [0.25, 0.3) is 0 Å². The summed E-state index contributed by atoms with van der Waals surface area (Å²) in [6.07, 6.45) is 5.11. The Morgan fingerprint density at radius 2 is 2.04 bits per heavy atom. The summed E-state index contributed by atoms with van der Waals surface area (Å²) in [5.74, 6) is 1.39. The van der Waals surface area contributed by atoms with Crippen molar-refractivity contribution in [2.45, 2.75) is 38.8 Å². The number of imidazole rings is 1. The molecule has 0 spiro atoms. The van der Waals surface area contributed by atoms with Crippen LogP contribution in [-0.4, -0.2) is 21.0 Å². The van der Waals surface area contributed by atoms with E-state index >= 15 is 0 Å². The van der Waals surface area contributed by atoms with Crippen LogP contribution in [0.2, 0.25) is 0 Å². The molecule has 2 aromatic rings. The molecule has 1 heterocycles. The maximum absolute atomic E-state index is 12.1. The van der Waals surface area contributed by atoms with Crippen LogP contribution in [-0.2, 0) is 18.4 Å². The summed E-state index contributed by atoms with van der Waals surface area (Å²) in [4.78, 5) is 16.3. The smallest absolute Gasteiger partial charge is 0.244 e. The van der Waals surface area contributed by atoms with E-state index in [-0.39, 0.29) is 18.3 Å². The predicted molar refractivity (Wildman–Crippen MR) is 97.4 cm³/mol. The third kappa shape index (κ3) is 5.25. The molecule has 24 heavy (non-hydrogen) atoms. The first-order valence-corrected chi connectivity index (χ1v) is 7.72. The van der Waals surface area contributed by atoms with Crippen molar-refractivity contribution in [3.8, 4) is 5.75 Å². The molecule has 3 N–H and O–H groups in total. The number of nitrogens with two attached hydrogens (primary N) is 1. The molecule has 1 atom stereocenters. The normalized spacial score (nSPS) is 12.8. The minimum absolute atomic E-state index is 0. The van der Waals surface area contributed by atoms with E-state index in [1.165, 1.54) is 0 Å². The monoisotopic (exact) mass is 352 g/mol. The number of benzene rings is 1. The van der Waals surface area contributed by atoms with Crippen LogP contribution >= 0.6 is 12.4 Å². The number of aryl methyl sites for hydroxylation is 1. The number of nitrogens with one attached hydrogen (secondary N) is 1. The van der Waals surface area contributed by atoms with Crippen molar-refractivity contribution in [2.24, 2.45) is 12.8 Å². The average molecular weight is 353 g/mol. The highest BCUT2D eigenvalue weighted by molar-refractivity contribution is 5.97. The number of amides is 1. The molecule has 0 aliphatic rings. The Bertz CT molecular complexity index is 653. The number of hydrogen-bond acceptors (Lipinski definition) is 4. The van der Waals surface area contributed by atoms with Gasteiger partial charge in [-0.3, -0.25) is 4.79 Å². The minimum Gasteiger partial charge on any atom is -0.486 e. The van der Waals surface area contributed by atoms with E-state index < -0.39 is 5.54 Å². The molecule has 1 amide bonds. The van der Waals surface area contributed by atoms with Crippen molar-refractivity contribution in [2.75, 3.05) is 5.32 Å². The third-order valence-corrected chi connectivity index (χ3v) is 3.69. The number of rotatable bonds is 7. The summed E-state index contributed by atoms with van der Waals surface area (Å²) >= 11 is 0. The molecular weight excluding hydrogens is 328 g/mol. The van der Waals surface area contributed by atoms with Crippen LogP contribution in [0.25, 0.3) is 0 Å². The third-order valence-electron chi connectivity index (χ3n) is 3.69. The minimum atomic E-state index is -0.859. The molecule has 0 bridgehead atoms. The number of anilines is 1. The summed E-state index contributed by atoms with van der Waals surface area (Å²) in [6, 6.07) is 7.22. The molecule has 6 nitrogen and oxygen atoms in total. The van der Waals surface area contributed by atoms with Gasteiger partial charge in [0.15, 0.2) is 0 Å². The van der Waals surface area contributed by atoms with Crippen LogP contribution in [0.5, 0.6) is 5.75 Å². The zero-order chi connectivity index (χ0) is 16.9. The van der Waals surface area contributed by atoms with Gasteiger partial charge in [-0.15, -0.1) is 12.4 Å². The van der Waals surface area contributed by atoms with Crippen molar-refractivity contribution < 1.29 is 9.53 Å². The Balaban J connectivity index is 0.00000288. The summed E-state index contributed by atoms with van der Waals surface area (Å²) < 4.78 is 7.58. The lowest BCUT2D eigenvalue weighted by molar-refractivity contribution is -0.120. The predicted octanol–water partition coefficient (Wildman–Crippen LogP) is 2.88.